The molecular formula is C14H12INO5S. The number of nitrogens with zero attached hydrogens (tertiary/aromatic N) is 1. The molecule has 0 aromatic heterocycles. The first-order valence-corrected chi connectivity index (χ1v) is 8.21. The minimum absolute atomic E-state index is 0.0117. The predicted octanol–water partition coefficient (Wildman–Crippen LogP) is 2.60. The topological polar surface area (TPSA) is 83.9 Å². The summed E-state index contributed by atoms with van der Waals surface area (Å²) < 4.78 is 5.62. The van der Waals surface area contributed by atoms with E-state index in [4.69, 9.17) is 4.74 Å². The molecule has 0 spiro atoms. The van der Waals surface area contributed by atoms with Crippen LogP contribution in [0.15, 0.2) is 23.1 Å². The molecule has 0 unspecified atom stereocenters. The maximum atomic E-state index is 12.2. The SMILES string of the molecule is CCOC(=O)CN1C(=O)S/C(=C\c2cc(I)ccc2O)C1=O. The molecule has 1 saturated heterocycles. The number of amides is 2. The molecule has 8 heteroatoms. The number of thioether (sulfide) groups is 1. The molecule has 0 aliphatic carbocycles. The predicted molar refractivity (Wildman–Crippen MR) is 90.1 cm³/mol. The summed E-state index contributed by atoms with van der Waals surface area (Å²) >= 11 is 2.81. The van der Waals surface area contributed by atoms with Crippen LogP contribution in [-0.2, 0) is 14.3 Å². The lowest BCUT2D eigenvalue weighted by molar-refractivity contribution is -0.145. The maximum absolute atomic E-state index is 12.2. The third kappa shape index (κ3) is 3.80. The summed E-state index contributed by atoms with van der Waals surface area (Å²) in [6, 6.07) is 4.92. The molecule has 1 N–H and O–H groups in total. The molecule has 0 bridgehead atoms. The highest BCUT2D eigenvalue weighted by Gasteiger charge is 2.36. The van der Waals surface area contributed by atoms with Crippen molar-refractivity contribution in [2.75, 3.05) is 13.2 Å². The van der Waals surface area contributed by atoms with Crippen molar-refractivity contribution in [2.45, 2.75) is 6.92 Å². The number of hydrogen-bond acceptors (Lipinski definition) is 6. The molecule has 1 aromatic rings. The van der Waals surface area contributed by atoms with Gasteiger partial charge in [-0.1, -0.05) is 0 Å². The third-order valence-corrected chi connectivity index (χ3v) is 4.32. The fourth-order valence-corrected chi connectivity index (χ4v) is 3.10. The molecule has 1 heterocycles. The second-order valence-electron chi connectivity index (χ2n) is 4.28. The Labute approximate surface area is 144 Å². The second-order valence-corrected chi connectivity index (χ2v) is 6.51. The first-order valence-electron chi connectivity index (χ1n) is 6.32. The van der Waals surface area contributed by atoms with E-state index in [9.17, 15) is 19.5 Å². The number of esters is 1. The van der Waals surface area contributed by atoms with Crippen LogP contribution in [0.5, 0.6) is 5.75 Å². The van der Waals surface area contributed by atoms with Gasteiger partial charge in [-0.15, -0.1) is 0 Å². The fourth-order valence-electron chi connectivity index (χ4n) is 1.75. The van der Waals surface area contributed by atoms with Gasteiger partial charge in [-0.25, -0.2) is 0 Å². The number of rotatable bonds is 4. The lowest BCUT2D eigenvalue weighted by atomic mass is 10.2. The second kappa shape index (κ2) is 7.14. The third-order valence-electron chi connectivity index (χ3n) is 2.74. The Bertz CT molecular complexity index is 673. The van der Waals surface area contributed by atoms with Gasteiger partial charge >= 0.3 is 5.97 Å². The average Bonchev–Trinajstić information content (AvgIpc) is 2.71. The van der Waals surface area contributed by atoms with Crippen LogP contribution in [0.3, 0.4) is 0 Å². The molecular weight excluding hydrogens is 421 g/mol. The number of imide groups is 1. The first kappa shape index (κ1) is 16.8. The number of hydrogen-bond donors (Lipinski definition) is 1. The van der Waals surface area contributed by atoms with Gasteiger partial charge in [-0.3, -0.25) is 19.3 Å². The highest BCUT2D eigenvalue weighted by molar-refractivity contribution is 14.1. The number of halogens is 1. The lowest BCUT2D eigenvalue weighted by Gasteiger charge is -2.10. The Hall–Kier alpha value is -1.55. The number of carbonyl (C=O) groups is 3. The van der Waals surface area contributed by atoms with E-state index in [1.54, 1.807) is 19.1 Å². The van der Waals surface area contributed by atoms with Crippen molar-refractivity contribution in [3.8, 4) is 5.75 Å². The van der Waals surface area contributed by atoms with E-state index in [0.29, 0.717) is 5.56 Å². The van der Waals surface area contributed by atoms with Crippen molar-refractivity contribution < 1.29 is 24.2 Å². The van der Waals surface area contributed by atoms with Gasteiger partial charge < -0.3 is 9.84 Å². The fraction of sp³-hybridized carbons (Fsp3) is 0.214. The Morgan fingerprint density at radius 2 is 2.18 bits per heavy atom. The number of phenolic OH excluding ortho intramolecular Hbond substituents is 1. The van der Waals surface area contributed by atoms with Crippen LogP contribution < -0.4 is 0 Å². The number of carbonyl (C=O) groups excluding carboxylic acids is 3. The highest BCUT2D eigenvalue weighted by Crippen LogP contribution is 2.34. The number of phenols is 1. The molecule has 116 valence electrons. The van der Waals surface area contributed by atoms with Crippen molar-refractivity contribution >= 4 is 57.5 Å². The smallest absolute Gasteiger partial charge is 0.326 e. The molecule has 1 aliphatic heterocycles. The van der Waals surface area contributed by atoms with Crippen molar-refractivity contribution in [1.29, 1.82) is 0 Å². The minimum Gasteiger partial charge on any atom is -0.507 e. The Balaban J connectivity index is 2.22. The first-order chi connectivity index (χ1) is 10.4. The van der Waals surface area contributed by atoms with E-state index < -0.39 is 23.7 Å². The summed E-state index contributed by atoms with van der Waals surface area (Å²) in [6.07, 6.45) is 1.44. The molecule has 0 atom stereocenters. The monoisotopic (exact) mass is 433 g/mol. The summed E-state index contributed by atoms with van der Waals surface area (Å²) in [5.41, 5.74) is 0.438. The normalized spacial score (nSPS) is 16.5. The van der Waals surface area contributed by atoms with Crippen LogP contribution in [0.2, 0.25) is 0 Å². The number of ether oxygens (including phenoxy) is 1. The number of aromatic hydroxyl groups is 1. The van der Waals surface area contributed by atoms with Gasteiger partial charge in [0.25, 0.3) is 11.1 Å². The Morgan fingerprint density at radius 3 is 2.86 bits per heavy atom. The quantitative estimate of drug-likeness (QED) is 0.447. The Morgan fingerprint density at radius 1 is 1.45 bits per heavy atom. The van der Waals surface area contributed by atoms with Crippen LogP contribution in [0.4, 0.5) is 4.79 Å². The van der Waals surface area contributed by atoms with Crippen molar-refractivity contribution in [3.63, 3.8) is 0 Å². The van der Waals surface area contributed by atoms with Crippen LogP contribution in [-0.4, -0.2) is 40.3 Å². The highest BCUT2D eigenvalue weighted by atomic mass is 127. The molecule has 1 aliphatic rings. The zero-order valence-corrected chi connectivity index (χ0v) is 14.5. The van der Waals surface area contributed by atoms with E-state index in [-0.39, 0.29) is 17.3 Å². The molecule has 1 aromatic carbocycles. The molecule has 2 amide bonds. The van der Waals surface area contributed by atoms with Gasteiger partial charge in [-0.2, -0.15) is 0 Å². The Kier molecular flexibility index (Phi) is 5.46. The van der Waals surface area contributed by atoms with Crippen LogP contribution in [0.25, 0.3) is 6.08 Å². The van der Waals surface area contributed by atoms with Gasteiger partial charge in [0.05, 0.1) is 11.5 Å². The van der Waals surface area contributed by atoms with Crippen molar-refractivity contribution in [3.05, 3.63) is 32.2 Å². The largest absolute Gasteiger partial charge is 0.507 e. The standard InChI is InChI=1S/C14H12INO5S/c1-2-21-12(18)7-16-13(19)11(22-14(16)20)6-8-5-9(15)3-4-10(8)17/h3-6,17H,2,7H2,1H3/b11-6-. The minimum atomic E-state index is -0.636. The lowest BCUT2D eigenvalue weighted by Crippen LogP contribution is -2.34. The summed E-state index contributed by atoms with van der Waals surface area (Å²) in [6.45, 7) is 1.42. The summed E-state index contributed by atoms with van der Waals surface area (Å²) in [5.74, 6) is -1.19. The van der Waals surface area contributed by atoms with Gasteiger partial charge in [0, 0.05) is 9.13 Å². The van der Waals surface area contributed by atoms with Gasteiger partial charge in [0.1, 0.15) is 12.3 Å². The van der Waals surface area contributed by atoms with E-state index >= 15 is 0 Å². The average molecular weight is 433 g/mol. The number of benzene rings is 1. The van der Waals surface area contributed by atoms with E-state index in [1.807, 2.05) is 0 Å². The summed E-state index contributed by atoms with van der Waals surface area (Å²) in [5, 5.41) is 9.25. The zero-order valence-electron chi connectivity index (χ0n) is 11.5. The zero-order chi connectivity index (χ0) is 16.3. The van der Waals surface area contributed by atoms with Crippen molar-refractivity contribution in [2.24, 2.45) is 0 Å². The molecule has 0 saturated carbocycles. The van der Waals surface area contributed by atoms with Gasteiger partial charge in [-0.05, 0) is 65.6 Å². The van der Waals surface area contributed by atoms with Crippen LogP contribution in [0, 0.1) is 3.57 Å². The van der Waals surface area contributed by atoms with E-state index in [1.165, 1.54) is 12.1 Å². The summed E-state index contributed by atoms with van der Waals surface area (Å²) in [4.78, 5) is 36.4. The van der Waals surface area contributed by atoms with E-state index in [2.05, 4.69) is 22.6 Å². The van der Waals surface area contributed by atoms with Crippen LogP contribution >= 0.6 is 34.4 Å². The maximum Gasteiger partial charge on any atom is 0.326 e. The molecule has 2 rings (SSSR count). The summed E-state index contributed by atoms with van der Waals surface area (Å²) in [7, 11) is 0. The molecule has 6 nitrogen and oxygen atoms in total. The van der Waals surface area contributed by atoms with Crippen LogP contribution in [0.1, 0.15) is 12.5 Å². The molecule has 1 fully saturated rings. The van der Waals surface area contributed by atoms with Gasteiger partial charge in [0.15, 0.2) is 0 Å². The van der Waals surface area contributed by atoms with E-state index in [0.717, 1.165) is 20.2 Å². The van der Waals surface area contributed by atoms with Gasteiger partial charge in [0.2, 0.25) is 0 Å². The molecule has 0 radical (unpaired) electrons. The molecule has 22 heavy (non-hydrogen) atoms. The van der Waals surface area contributed by atoms with Crippen molar-refractivity contribution in [1.82, 2.24) is 4.90 Å².